The minimum Gasteiger partial charge on any atom is -0.422 e. The van der Waals surface area contributed by atoms with Gasteiger partial charge >= 0.3 is 5.97 Å². The molecular weight excluding hydrogens is 533 g/mol. The fraction of sp³-hybridized carbons (Fsp3) is 0.0417. The quantitative estimate of drug-likeness (QED) is 0.202. The van der Waals surface area contributed by atoms with Gasteiger partial charge in [-0.15, -0.1) is 0 Å². The molecule has 9 heteroatoms. The molecule has 0 radical (unpaired) electrons. The summed E-state index contributed by atoms with van der Waals surface area (Å²) in [7, 11) is 0. The minimum absolute atomic E-state index is 0.137. The van der Waals surface area contributed by atoms with Gasteiger partial charge in [0.05, 0.1) is 17.0 Å². The molecule has 0 aromatic heterocycles. The van der Waals surface area contributed by atoms with Crippen LogP contribution in [0.3, 0.4) is 0 Å². The van der Waals surface area contributed by atoms with Crippen molar-refractivity contribution in [3.8, 4) is 5.75 Å². The standard InChI is InChI=1S/C24H14BrClFNO4S/c25-17-7-10-20(32-23(30)14-5-8-18(26)9-6-14)16(11-17)12-21-22(29)28(24(31)33-21)13-15-3-1-2-4-19(15)27/h1-12H,13H2/b21-12-. The van der Waals surface area contributed by atoms with Crippen LogP contribution in [-0.2, 0) is 11.3 Å². The lowest BCUT2D eigenvalue weighted by molar-refractivity contribution is -0.123. The molecule has 1 aliphatic heterocycles. The second-order valence-electron chi connectivity index (χ2n) is 6.94. The van der Waals surface area contributed by atoms with Crippen LogP contribution in [0.2, 0.25) is 5.02 Å². The molecule has 1 heterocycles. The topological polar surface area (TPSA) is 63.7 Å². The van der Waals surface area contributed by atoms with Gasteiger partial charge in [0, 0.05) is 20.6 Å². The highest BCUT2D eigenvalue weighted by Gasteiger charge is 2.35. The summed E-state index contributed by atoms with van der Waals surface area (Å²) in [4.78, 5) is 39.0. The number of ether oxygens (including phenoxy) is 1. The van der Waals surface area contributed by atoms with Crippen molar-refractivity contribution in [1.29, 1.82) is 0 Å². The summed E-state index contributed by atoms with van der Waals surface area (Å²) in [5, 5.41) is -0.0220. The van der Waals surface area contributed by atoms with Crippen LogP contribution in [0.15, 0.2) is 76.1 Å². The molecule has 0 spiro atoms. The Morgan fingerprint density at radius 1 is 1.09 bits per heavy atom. The van der Waals surface area contributed by atoms with E-state index in [2.05, 4.69) is 15.9 Å². The van der Waals surface area contributed by atoms with E-state index in [0.29, 0.717) is 20.6 Å². The molecule has 33 heavy (non-hydrogen) atoms. The molecule has 0 bridgehead atoms. The Balaban J connectivity index is 1.59. The van der Waals surface area contributed by atoms with Crippen molar-refractivity contribution < 1.29 is 23.5 Å². The summed E-state index contributed by atoms with van der Waals surface area (Å²) in [6, 6.07) is 17.1. The maximum Gasteiger partial charge on any atom is 0.343 e. The van der Waals surface area contributed by atoms with Crippen molar-refractivity contribution in [2.75, 3.05) is 0 Å². The second kappa shape index (κ2) is 9.91. The molecule has 3 aromatic rings. The number of thioether (sulfide) groups is 1. The summed E-state index contributed by atoms with van der Waals surface area (Å²) >= 11 is 9.96. The summed E-state index contributed by atoms with van der Waals surface area (Å²) in [5.74, 6) is -1.44. The third kappa shape index (κ3) is 5.35. The summed E-state index contributed by atoms with van der Waals surface area (Å²) < 4.78 is 20.2. The van der Waals surface area contributed by atoms with Crippen LogP contribution in [0.1, 0.15) is 21.5 Å². The highest BCUT2D eigenvalue weighted by atomic mass is 79.9. The van der Waals surface area contributed by atoms with Gasteiger partial charge < -0.3 is 4.74 Å². The van der Waals surface area contributed by atoms with Crippen LogP contribution >= 0.6 is 39.3 Å². The number of hydrogen-bond acceptors (Lipinski definition) is 5. The normalized spacial score (nSPS) is 14.8. The average Bonchev–Trinajstić information content (AvgIpc) is 3.05. The fourth-order valence-electron chi connectivity index (χ4n) is 3.04. The van der Waals surface area contributed by atoms with Crippen LogP contribution in [0.5, 0.6) is 5.75 Å². The SMILES string of the molecule is O=C(Oc1ccc(Br)cc1/C=C1\SC(=O)N(Cc2ccccc2F)C1=O)c1ccc(Cl)cc1. The largest absolute Gasteiger partial charge is 0.422 e. The molecule has 1 saturated heterocycles. The zero-order valence-corrected chi connectivity index (χ0v) is 19.9. The number of carbonyl (C=O) groups is 3. The zero-order chi connectivity index (χ0) is 23.5. The van der Waals surface area contributed by atoms with E-state index >= 15 is 0 Å². The first-order valence-electron chi connectivity index (χ1n) is 9.58. The van der Waals surface area contributed by atoms with Gasteiger partial charge in [0.15, 0.2) is 0 Å². The lowest BCUT2D eigenvalue weighted by Crippen LogP contribution is -2.27. The van der Waals surface area contributed by atoms with Gasteiger partial charge in [-0.05, 0) is 66.4 Å². The summed E-state index contributed by atoms with van der Waals surface area (Å²) in [6.07, 6.45) is 1.47. The van der Waals surface area contributed by atoms with E-state index in [1.807, 2.05) is 0 Å². The van der Waals surface area contributed by atoms with Gasteiger partial charge in [-0.3, -0.25) is 14.5 Å². The molecule has 0 unspecified atom stereocenters. The Morgan fingerprint density at radius 2 is 1.82 bits per heavy atom. The summed E-state index contributed by atoms with van der Waals surface area (Å²) in [6.45, 7) is -0.175. The van der Waals surface area contributed by atoms with E-state index in [0.717, 1.165) is 16.7 Å². The zero-order valence-electron chi connectivity index (χ0n) is 16.8. The van der Waals surface area contributed by atoms with Crippen LogP contribution in [-0.4, -0.2) is 22.0 Å². The van der Waals surface area contributed by atoms with Crippen LogP contribution in [0, 0.1) is 5.82 Å². The number of imide groups is 1. The number of rotatable bonds is 5. The Morgan fingerprint density at radius 3 is 2.55 bits per heavy atom. The van der Waals surface area contributed by atoms with Crippen molar-refractivity contribution in [3.63, 3.8) is 0 Å². The van der Waals surface area contributed by atoms with E-state index in [4.69, 9.17) is 16.3 Å². The van der Waals surface area contributed by atoms with Crippen molar-refractivity contribution >= 4 is 62.5 Å². The highest BCUT2D eigenvalue weighted by molar-refractivity contribution is 9.10. The molecule has 0 aliphatic carbocycles. The first-order chi connectivity index (χ1) is 15.8. The van der Waals surface area contributed by atoms with Crippen molar-refractivity contribution in [2.24, 2.45) is 0 Å². The molecule has 166 valence electrons. The minimum atomic E-state index is -0.601. The van der Waals surface area contributed by atoms with Crippen LogP contribution in [0.25, 0.3) is 6.08 Å². The van der Waals surface area contributed by atoms with E-state index in [1.54, 1.807) is 36.4 Å². The maximum absolute atomic E-state index is 14.0. The first kappa shape index (κ1) is 23.2. The predicted molar refractivity (Wildman–Crippen MR) is 128 cm³/mol. The third-order valence-corrected chi connectivity index (χ3v) is 6.35. The maximum atomic E-state index is 14.0. The monoisotopic (exact) mass is 545 g/mol. The lowest BCUT2D eigenvalue weighted by Gasteiger charge is -2.13. The number of halogens is 3. The van der Waals surface area contributed by atoms with E-state index in [9.17, 15) is 18.8 Å². The molecule has 0 atom stereocenters. The van der Waals surface area contributed by atoms with Crippen molar-refractivity contribution in [3.05, 3.63) is 104 Å². The number of esters is 1. The molecule has 2 amide bonds. The Bertz CT molecular complexity index is 1300. The number of nitrogens with zero attached hydrogens (tertiary/aromatic N) is 1. The van der Waals surface area contributed by atoms with Gasteiger partial charge in [0.2, 0.25) is 0 Å². The molecule has 0 saturated carbocycles. The van der Waals surface area contributed by atoms with E-state index in [1.165, 1.54) is 36.4 Å². The Labute approximate surface area is 206 Å². The molecule has 0 N–H and O–H groups in total. The van der Waals surface area contributed by atoms with Gasteiger partial charge in [0.25, 0.3) is 11.1 Å². The van der Waals surface area contributed by atoms with Crippen LogP contribution < -0.4 is 4.74 Å². The fourth-order valence-corrected chi connectivity index (χ4v) is 4.38. The number of benzene rings is 3. The number of hydrogen-bond donors (Lipinski definition) is 0. The van der Waals surface area contributed by atoms with Gasteiger partial charge in [0.1, 0.15) is 11.6 Å². The average molecular weight is 547 g/mol. The first-order valence-corrected chi connectivity index (χ1v) is 11.6. The van der Waals surface area contributed by atoms with Gasteiger partial charge in [-0.1, -0.05) is 45.7 Å². The van der Waals surface area contributed by atoms with E-state index < -0.39 is 22.9 Å². The Kier molecular flexibility index (Phi) is 6.97. The third-order valence-electron chi connectivity index (χ3n) is 4.70. The molecule has 1 fully saturated rings. The molecular formula is C24H14BrClFNO4S. The predicted octanol–water partition coefficient (Wildman–Crippen LogP) is 6.70. The highest BCUT2D eigenvalue weighted by Crippen LogP contribution is 2.36. The van der Waals surface area contributed by atoms with Crippen LogP contribution in [0.4, 0.5) is 9.18 Å². The second-order valence-corrected chi connectivity index (χ2v) is 9.28. The van der Waals surface area contributed by atoms with Crippen molar-refractivity contribution in [2.45, 2.75) is 6.54 Å². The Hall–Kier alpha value is -2.94. The summed E-state index contributed by atoms with van der Waals surface area (Å²) in [5.41, 5.74) is 0.961. The van der Waals surface area contributed by atoms with E-state index in [-0.39, 0.29) is 22.8 Å². The van der Waals surface area contributed by atoms with Crippen molar-refractivity contribution in [1.82, 2.24) is 4.90 Å². The van der Waals surface area contributed by atoms with Gasteiger partial charge in [-0.2, -0.15) is 0 Å². The lowest BCUT2D eigenvalue weighted by atomic mass is 10.1. The van der Waals surface area contributed by atoms with Gasteiger partial charge in [-0.25, -0.2) is 9.18 Å². The smallest absolute Gasteiger partial charge is 0.343 e. The molecule has 4 rings (SSSR count). The molecule has 1 aliphatic rings. The molecule has 5 nitrogen and oxygen atoms in total. The number of amides is 2. The number of carbonyl (C=O) groups excluding carboxylic acids is 3. The molecule has 3 aromatic carbocycles.